The zero-order valence-electron chi connectivity index (χ0n) is 12.7. The number of nitro groups is 1. The number of hydrogen-bond donors (Lipinski definition) is 2. The maximum atomic E-state index is 12.0. The minimum Gasteiger partial charge on any atom is -0.332 e. The van der Waals surface area contributed by atoms with E-state index in [1.807, 2.05) is 31.2 Å². The summed E-state index contributed by atoms with van der Waals surface area (Å²) < 4.78 is 0. The molecular formula is C16H14ClN3O3S. The SMILES string of the molecule is Cc1ccccc1CC(=O)NC(=S)Nc1ccc(Cl)c([N+](=O)[O-])c1. The number of carbonyl (C=O) groups is 1. The van der Waals surface area contributed by atoms with E-state index >= 15 is 0 Å². The summed E-state index contributed by atoms with van der Waals surface area (Å²) in [4.78, 5) is 22.3. The van der Waals surface area contributed by atoms with Crippen molar-refractivity contribution in [3.8, 4) is 0 Å². The van der Waals surface area contributed by atoms with Crippen LogP contribution in [0.3, 0.4) is 0 Å². The monoisotopic (exact) mass is 363 g/mol. The Hall–Kier alpha value is -2.51. The Morgan fingerprint density at radius 1 is 1.29 bits per heavy atom. The van der Waals surface area contributed by atoms with Crippen molar-refractivity contribution < 1.29 is 9.72 Å². The molecule has 0 atom stereocenters. The Morgan fingerprint density at radius 2 is 2.00 bits per heavy atom. The van der Waals surface area contributed by atoms with Crippen LogP contribution < -0.4 is 10.6 Å². The van der Waals surface area contributed by atoms with E-state index in [9.17, 15) is 14.9 Å². The molecule has 0 bridgehead atoms. The van der Waals surface area contributed by atoms with Crippen LogP contribution in [-0.2, 0) is 11.2 Å². The van der Waals surface area contributed by atoms with Gasteiger partial charge in [0.05, 0.1) is 11.3 Å². The van der Waals surface area contributed by atoms with Crippen molar-refractivity contribution in [1.82, 2.24) is 5.32 Å². The topological polar surface area (TPSA) is 84.3 Å². The third-order valence-corrected chi connectivity index (χ3v) is 3.79. The van der Waals surface area contributed by atoms with Gasteiger partial charge in [0.2, 0.25) is 5.91 Å². The predicted octanol–water partition coefficient (Wildman–Crippen LogP) is 3.61. The normalized spacial score (nSPS) is 10.1. The van der Waals surface area contributed by atoms with Crippen LogP contribution in [0.2, 0.25) is 5.02 Å². The van der Waals surface area contributed by atoms with Crippen molar-refractivity contribution in [2.75, 3.05) is 5.32 Å². The smallest absolute Gasteiger partial charge is 0.289 e. The molecule has 1 amide bonds. The number of rotatable bonds is 4. The molecule has 0 aliphatic carbocycles. The number of nitrogens with zero attached hydrogens (tertiary/aromatic N) is 1. The minimum atomic E-state index is -0.590. The van der Waals surface area contributed by atoms with Gasteiger partial charge in [0, 0.05) is 11.8 Å². The van der Waals surface area contributed by atoms with E-state index in [0.29, 0.717) is 5.69 Å². The predicted molar refractivity (Wildman–Crippen MR) is 97.4 cm³/mol. The Labute approximate surface area is 149 Å². The summed E-state index contributed by atoms with van der Waals surface area (Å²) in [6.45, 7) is 1.92. The number of carbonyl (C=O) groups excluding carboxylic acids is 1. The summed E-state index contributed by atoms with van der Waals surface area (Å²) in [5.74, 6) is -0.273. The Balaban J connectivity index is 1.98. The Bertz CT molecular complexity index is 811. The second kappa shape index (κ2) is 7.85. The highest BCUT2D eigenvalue weighted by atomic mass is 35.5. The Kier molecular flexibility index (Phi) is 5.83. The van der Waals surface area contributed by atoms with Crippen LogP contribution in [0.15, 0.2) is 42.5 Å². The zero-order valence-corrected chi connectivity index (χ0v) is 14.3. The van der Waals surface area contributed by atoms with Crippen molar-refractivity contribution in [3.63, 3.8) is 0 Å². The first kappa shape index (κ1) is 17.8. The third-order valence-electron chi connectivity index (χ3n) is 3.27. The quantitative estimate of drug-likeness (QED) is 0.492. The molecule has 2 rings (SSSR count). The molecule has 0 fully saturated rings. The van der Waals surface area contributed by atoms with Gasteiger partial charge in [-0.05, 0) is 42.4 Å². The Morgan fingerprint density at radius 3 is 2.67 bits per heavy atom. The van der Waals surface area contributed by atoms with Crippen LogP contribution in [0.5, 0.6) is 0 Å². The molecule has 6 nitrogen and oxygen atoms in total. The summed E-state index contributed by atoms with van der Waals surface area (Å²) in [6.07, 6.45) is 0.190. The number of nitro benzene ring substituents is 1. The second-order valence-electron chi connectivity index (χ2n) is 5.03. The number of aryl methyl sites for hydroxylation is 1. The molecule has 24 heavy (non-hydrogen) atoms. The van der Waals surface area contributed by atoms with Crippen molar-refractivity contribution in [2.24, 2.45) is 0 Å². The molecule has 124 valence electrons. The van der Waals surface area contributed by atoms with Crippen molar-refractivity contribution in [1.29, 1.82) is 0 Å². The number of benzene rings is 2. The summed E-state index contributed by atoms with van der Waals surface area (Å²) in [7, 11) is 0. The first-order valence-corrected chi connectivity index (χ1v) is 7.74. The van der Waals surface area contributed by atoms with E-state index in [1.54, 1.807) is 0 Å². The van der Waals surface area contributed by atoms with E-state index in [2.05, 4.69) is 10.6 Å². The van der Waals surface area contributed by atoms with Crippen LogP contribution in [-0.4, -0.2) is 15.9 Å². The van der Waals surface area contributed by atoms with Gasteiger partial charge in [-0.3, -0.25) is 14.9 Å². The zero-order chi connectivity index (χ0) is 17.7. The van der Waals surface area contributed by atoms with E-state index in [-0.39, 0.29) is 28.2 Å². The lowest BCUT2D eigenvalue weighted by molar-refractivity contribution is -0.384. The van der Waals surface area contributed by atoms with Crippen molar-refractivity contribution >= 4 is 46.2 Å². The number of anilines is 1. The molecule has 0 heterocycles. The third kappa shape index (κ3) is 4.74. The van der Waals surface area contributed by atoms with Crippen molar-refractivity contribution in [2.45, 2.75) is 13.3 Å². The standard InChI is InChI=1S/C16H14ClN3O3S/c1-10-4-2-3-5-11(10)8-15(21)19-16(24)18-12-6-7-13(17)14(9-12)20(22)23/h2-7,9H,8H2,1H3,(H2,18,19,21,24). The summed E-state index contributed by atoms with van der Waals surface area (Å²) in [5.41, 5.74) is 2.04. The number of halogens is 1. The second-order valence-corrected chi connectivity index (χ2v) is 5.84. The minimum absolute atomic E-state index is 0.0278. The van der Waals surface area contributed by atoms with Crippen LogP contribution >= 0.6 is 23.8 Å². The number of nitrogens with one attached hydrogen (secondary N) is 2. The summed E-state index contributed by atoms with van der Waals surface area (Å²) >= 11 is 10.8. The molecule has 0 saturated carbocycles. The summed E-state index contributed by atoms with van der Waals surface area (Å²) in [5, 5.41) is 16.2. The van der Waals surface area contributed by atoms with E-state index in [4.69, 9.17) is 23.8 Å². The molecule has 0 aliphatic heterocycles. The molecule has 0 unspecified atom stereocenters. The lowest BCUT2D eigenvalue weighted by Crippen LogP contribution is -2.35. The van der Waals surface area contributed by atoms with E-state index in [1.165, 1.54) is 18.2 Å². The number of thiocarbonyl (C=S) groups is 1. The van der Waals surface area contributed by atoms with Gasteiger partial charge in [-0.1, -0.05) is 35.9 Å². The van der Waals surface area contributed by atoms with Crippen LogP contribution in [0.1, 0.15) is 11.1 Å². The van der Waals surface area contributed by atoms with Gasteiger partial charge in [-0.25, -0.2) is 0 Å². The molecule has 2 aromatic carbocycles. The van der Waals surface area contributed by atoms with E-state index < -0.39 is 4.92 Å². The van der Waals surface area contributed by atoms with Crippen LogP contribution in [0.4, 0.5) is 11.4 Å². The first-order chi connectivity index (χ1) is 11.4. The average Bonchev–Trinajstić information content (AvgIpc) is 2.51. The van der Waals surface area contributed by atoms with E-state index in [0.717, 1.165) is 11.1 Å². The van der Waals surface area contributed by atoms with Gasteiger partial charge in [0.25, 0.3) is 5.69 Å². The molecule has 0 spiro atoms. The fourth-order valence-corrected chi connectivity index (χ4v) is 2.46. The highest BCUT2D eigenvalue weighted by molar-refractivity contribution is 7.80. The van der Waals surface area contributed by atoms with Gasteiger partial charge >= 0.3 is 0 Å². The largest absolute Gasteiger partial charge is 0.332 e. The molecule has 0 saturated heterocycles. The fourth-order valence-electron chi connectivity index (χ4n) is 2.04. The highest BCUT2D eigenvalue weighted by Gasteiger charge is 2.14. The van der Waals surface area contributed by atoms with Crippen LogP contribution in [0.25, 0.3) is 0 Å². The van der Waals surface area contributed by atoms with Crippen molar-refractivity contribution in [3.05, 3.63) is 68.7 Å². The first-order valence-electron chi connectivity index (χ1n) is 6.96. The molecule has 0 aliphatic rings. The lowest BCUT2D eigenvalue weighted by Gasteiger charge is -2.10. The summed E-state index contributed by atoms with van der Waals surface area (Å²) in [6, 6.07) is 11.7. The molecule has 2 aromatic rings. The molecule has 8 heteroatoms. The van der Waals surface area contributed by atoms with Gasteiger partial charge in [0.1, 0.15) is 5.02 Å². The van der Waals surface area contributed by atoms with Gasteiger partial charge in [-0.2, -0.15) is 0 Å². The van der Waals surface area contributed by atoms with Crippen LogP contribution in [0, 0.1) is 17.0 Å². The van der Waals surface area contributed by atoms with Gasteiger partial charge in [-0.15, -0.1) is 0 Å². The number of hydrogen-bond acceptors (Lipinski definition) is 4. The molecule has 2 N–H and O–H groups in total. The maximum absolute atomic E-state index is 12.0. The molecular weight excluding hydrogens is 350 g/mol. The maximum Gasteiger partial charge on any atom is 0.289 e. The average molecular weight is 364 g/mol. The fraction of sp³-hybridized carbons (Fsp3) is 0.125. The lowest BCUT2D eigenvalue weighted by atomic mass is 10.1. The highest BCUT2D eigenvalue weighted by Crippen LogP contribution is 2.27. The van der Waals surface area contributed by atoms with Gasteiger partial charge < -0.3 is 10.6 Å². The molecule has 0 radical (unpaired) electrons. The van der Waals surface area contributed by atoms with Gasteiger partial charge in [0.15, 0.2) is 5.11 Å². The molecule has 0 aromatic heterocycles. The number of amides is 1.